The van der Waals surface area contributed by atoms with Gasteiger partial charge in [0.1, 0.15) is 12.1 Å². The Kier molecular flexibility index (Phi) is 10.9. The van der Waals surface area contributed by atoms with Crippen LogP contribution in [0.2, 0.25) is 0 Å². The van der Waals surface area contributed by atoms with E-state index in [1.165, 1.54) is 30.4 Å². The summed E-state index contributed by atoms with van der Waals surface area (Å²) in [6.45, 7) is 10.3. The molecule has 0 aliphatic heterocycles. The Balaban J connectivity index is 0.000000252. The number of carbonyl (C=O) groups is 2. The number of para-hydroxylation sites is 1. The topological polar surface area (TPSA) is 62.0 Å². The van der Waals surface area contributed by atoms with E-state index in [1.54, 1.807) is 0 Å². The number of fused-ring (bicyclic) bond motifs is 1. The second-order valence-corrected chi connectivity index (χ2v) is 8.50. The fraction of sp³-hybridized carbons (Fsp3) is 0.448. The molecule has 0 radical (unpaired) electrons. The maximum absolute atomic E-state index is 12.3. The predicted molar refractivity (Wildman–Crippen MR) is 140 cm³/mol. The second-order valence-electron chi connectivity index (χ2n) is 8.50. The zero-order valence-corrected chi connectivity index (χ0v) is 20.9. The van der Waals surface area contributed by atoms with Crippen LogP contribution >= 0.6 is 0 Å². The van der Waals surface area contributed by atoms with Crippen molar-refractivity contribution in [3.8, 4) is 0 Å². The molecule has 4 heteroatoms. The third-order valence-corrected chi connectivity index (χ3v) is 6.51. The van der Waals surface area contributed by atoms with Gasteiger partial charge in [-0.3, -0.25) is 9.59 Å². The molecule has 4 nitrogen and oxygen atoms in total. The standard InChI is InChI=1S/C17H22N2O.C10H12O.C2H6/c1-2-12-7-9-13(10-8-12)17(20)19-16-11-14-5-3-4-6-15(14)18-16;1-3-10-8(2)5-4-6-9(10)7-11;1-2/h3-6,11-13,18H,2,7-10H2,1H3,(H,19,20);4-7H,3H2,1-2H3;1-2H3. The molecule has 1 aliphatic rings. The Hall–Kier alpha value is -2.88. The number of H-pyrrole nitrogens is 1. The van der Waals surface area contributed by atoms with Crippen molar-refractivity contribution in [1.82, 2.24) is 4.98 Å². The summed E-state index contributed by atoms with van der Waals surface area (Å²) in [6.07, 6.45) is 7.56. The summed E-state index contributed by atoms with van der Waals surface area (Å²) >= 11 is 0. The fourth-order valence-corrected chi connectivity index (χ4v) is 4.53. The quantitative estimate of drug-likeness (QED) is 0.392. The van der Waals surface area contributed by atoms with E-state index in [-0.39, 0.29) is 11.8 Å². The van der Waals surface area contributed by atoms with Gasteiger partial charge in [-0.25, -0.2) is 0 Å². The van der Waals surface area contributed by atoms with E-state index in [4.69, 9.17) is 0 Å². The largest absolute Gasteiger partial charge is 0.341 e. The number of aldehydes is 1. The van der Waals surface area contributed by atoms with Crippen LogP contribution in [0, 0.1) is 18.8 Å². The molecule has 0 saturated heterocycles. The molecule has 3 aromatic rings. The molecule has 1 aromatic heterocycles. The first-order valence-electron chi connectivity index (χ1n) is 12.5. The number of aromatic amines is 1. The maximum Gasteiger partial charge on any atom is 0.228 e. The third kappa shape index (κ3) is 7.31. The van der Waals surface area contributed by atoms with Crippen molar-refractivity contribution in [3.05, 3.63) is 65.2 Å². The van der Waals surface area contributed by atoms with Crippen LogP contribution in [-0.2, 0) is 11.2 Å². The lowest BCUT2D eigenvalue weighted by Crippen LogP contribution is -2.27. The highest BCUT2D eigenvalue weighted by Gasteiger charge is 2.25. The van der Waals surface area contributed by atoms with Crippen molar-refractivity contribution >= 4 is 28.9 Å². The van der Waals surface area contributed by atoms with Gasteiger partial charge in [0.25, 0.3) is 0 Å². The van der Waals surface area contributed by atoms with E-state index in [2.05, 4.69) is 24.1 Å². The molecular weight excluding hydrogens is 408 g/mol. The molecule has 0 spiro atoms. The SMILES string of the molecule is CC.CCC1CCC(C(=O)Nc2cc3ccccc3[nH]2)CC1.CCc1c(C)cccc1C=O. The smallest absolute Gasteiger partial charge is 0.228 e. The van der Waals surface area contributed by atoms with Crippen LogP contribution < -0.4 is 5.32 Å². The number of anilines is 1. The molecule has 33 heavy (non-hydrogen) atoms. The summed E-state index contributed by atoms with van der Waals surface area (Å²) in [6, 6.07) is 15.9. The van der Waals surface area contributed by atoms with Gasteiger partial charge >= 0.3 is 0 Å². The number of aryl methyl sites for hydroxylation is 1. The Labute approximate surface area is 199 Å². The molecule has 1 aliphatic carbocycles. The summed E-state index contributed by atoms with van der Waals surface area (Å²) in [4.78, 5) is 26.1. The van der Waals surface area contributed by atoms with Gasteiger partial charge in [0.15, 0.2) is 0 Å². The number of carbonyl (C=O) groups excluding carboxylic acids is 2. The first kappa shape index (κ1) is 26.4. The van der Waals surface area contributed by atoms with Gasteiger partial charge in [-0.05, 0) is 68.2 Å². The highest BCUT2D eigenvalue weighted by atomic mass is 16.2. The van der Waals surface area contributed by atoms with Crippen molar-refractivity contribution < 1.29 is 9.59 Å². The van der Waals surface area contributed by atoms with E-state index in [1.807, 2.05) is 69.3 Å². The first-order chi connectivity index (χ1) is 16.0. The van der Waals surface area contributed by atoms with Crippen LogP contribution in [0.25, 0.3) is 10.9 Å². The fourth-order valence-electron chi connectivity index (χ4n) is 4.53. The number of rotatable bonds is 5. The van der Waals surface area contributed by atoms with Crippen LogP contribution in [0.1, 0.15) is 81.3 Å². The van der Waals surface area contributed by atoms with Gasteiger partial charge in [0, 0.05) is 22.4 Å². The van der Waals surface area contributed by atoms with Crippen LogP contribution in [0.15, 0.2) is 48.5 Å². The number of aromatic nitrogens is 1. The van der Waals surface area contributed by atoms with Crippen molar-refractivity contribution in [1.29, 1.82) is 0 Å². The number of benzene rings is 2. The number of hydrogen-bond acceptors (Lipinski definition) is 2. The van der Waals surface area contributed by atoms with Gasteiger partial charge in [-0.15, -0.1) is 0 Å². The highest BCUT2D eigenvalue weighted by Crippen LogP contribution is 2.31. The molecule has 4 rings (SSSR count). The Morgan fingerprint density at radius 2 is 1.73 bits per heavy atom. The summed E-state index contributed by atoms with van der Waals surface area (Å²) in [5.41, 5.74) is 4.27. The number of hydrogen-bond donors (Lipinski definition) is 2. The average molecular weight is 449 g/mol. The zero-order valence-electron chi connectivity index (χ0n) is 20.9. The summed E-state index contributed by atoms with van der Waals surface area (Å²) in [5.74, 6) is 2.00. The van der Waals surface area contributed by atoms with Crippen molar-refractivity contribution in [3.63, 3.8) is 0 Å². The van der Waals surface area contributed by atoms with Gasteiger partial charge in [-0.2, -0.15) is 0 Å². The first-order valence-corrected chi connectivity index (χ1v) is 12.5. The van der Waals surface area contributed by atoms with Crippen LogP contribution in [-0.4, -0.2) is 17.2 Å². The number of amides is 1. The van der Waals surface area contributed by atoms with E-state index < -0.39 is 0 Å². The lowest BCUT2D eigenvalue weighted by atomic mass is 9.80. The molecule has 2 N–H and O–H groups in total. The molecule has 0 bridgehead atoms. The van der Waals surface area contributed by atoms with Crippen LogP contribution in [0.4, 0.5) is 5.82 Å². The Morgan fingerprint density at radius 3 is 2.30 bits per heavy atom. The Bertz CT molecular complexity index is 980. The monoisotopic (exact) mass is 448 g/mol. The number of nitrogens with one attached hydrogen (secondary N) is 2. The van der Waals surface area contributed by atoms with Crippen molar-refractivity contribution in [2.24, 2.45) is 11.8 Å². The van der Waals surface area contributed by atoms with E-state index in [0.29, 0.717) is 0 Å². The lowest BCUT2D eigenvalue weighted by molar-refractivity contribution is -0.121. The van der Waals surface area contributed by atoms with E-state index >= 15 is 0 Å². The molecule has 1 heterocycles. The Morgan fingerprint density at radius 1 is 1.03 bits per heavy atom. The summed E-state index contributed by atoms with van der Waals surface area (Å²) in [7, 11) is 0. The van der Waals surface area contributed by atoms with Gasteiger partial charge < -0.3 is 10.3 Å². The van der Waals surface area contributed by atoms with Crippen molar-refractivity contribution in [2.45, 2.75) is 73.1 Å². The summed E-state index contributed by atoms with van der Waals surface area (Å²) in [5, 5.41) is 4.18. The molecule has 0 atom stereocenters. The molecule has 2 aromatic carbocycles. The molecular formula is C29H40N2O2. The van der Waals surface area contributed by atoms with E-state index in [9.17, 15) is 9.59 Å². The lowest BCUT2D eigenvalue weighted by Gasteiger charge is -2.26. The summed E-state index contributed by atoms with van der Waals surface area (Å²) < 4.78 is 0. The van der Waals surface area contributed by atoms with E-state index in [0.717, 1.165) is 53.8 Å². The van der Waals surface area contributed by atoms with Gasteiger partial charge in [0.2, 0.25) is 5.91 Å². The molecule has 1 amide bonds. The molecule has 0 unspecified atom stereocenters. The zero-order chi connectivity index (χ0) is 24.2. The van der Waals surface area contributed by atoms with Gasteiger partial charge in [-0.1, -0.05) is 70.5 Å². The molecule has 1 fully saturated rings. The van der Waals surface area contributed by atoms with Crippen LogP contribution in [0.3, 0.4) is 0 Å². The molecule has 1 saturated carbocycles. The normalized spacial score (nSPS) is 17.2. The average Bonchev–Trinajstić information content (AvgIpc) is 3.27. The minimum absolute atomic E-state index is 0.172. The van der Waals surface area contributed by atoms with Crippen molar-refractivity contribution in [2.75, 3.05) is 5.32 Å². The third-order valence-electron chi connectivity index (χ3n) is 6.51. The maximum atomic E-state index is 12.3. The predicted octanol–water partition coefficient (Wildman–Crippen LogP) is 7.72. The minimum Gasteiger partial charge on any atom is -0.341 e. The second kappa shape index (κ2) is 13.6. The highest BCUT2D eigenvalue weighted by molar-refractivity contribution is 5.95. The molecule has 178 valence electrons. The minimum atomic E-state index is 0.172. The van der Waals surface area contributed by atoms with Crippen LogP contribution in [0.5, 0.6) is 0 Å². The van der Waals surface area contributed by atoms with Gasteiger partial charge in [0.05, 0.1) is 0 Å².